The van der Waals surface area contributed by atoms with Crippen LogP contribution >= 0.6 is 0 Å². The van der Waals surface area contributed by atoms with E-state index in [1.165, 1.54) is 0 Å². The van der Waals surface area contributed by atoms with Gasteiger partial charge < -0.3 is 9.47 Å². The summed E-state index contributed by atoms with van der Waals surface area (Å²) in [6, 6.07) is 15.0. The Kier molecular flexibility index (Phi) is 2.51. The van der Waals surface area contributed by atoms with E-state index < -0.39 is 0 Å². The van der Waals surface area contributed by atoms with E-state index in [1.807, 2.05) is 55.5 Å². The topological polar surface area (TPSA) is 40.5 Å². The number of aryl methyl sites for hydroxylation is 1. The molecule has 4 rings (SSSR count). The molecule has 0 aliphatic carbocycles. The van der Waals surface area contributed by atoms with Gasteiger partial charge in [0.15, 0.2) is 11.5 Å². The van der Waals surface area contributed by atoms with Crippen molar-refractivity contribution in [1.29, 1.82) is 0 Å². The van der Waals surface area contributed by atoms with Gasteiger partial charge in [-0.25, -0.2) is 0 Å². The number of ether oxygens (including phenoxy) is 2. The zero-order valence-electron chi connectivity index (χ0n) is 11.5. The van der Waals surface area contributed by atoms with E-state index >= 15 is 0 Å². The van der Waals surface area contributed by atoms with E-state index in [0.29, 0.717) is 11.3 Å². The molecule has 104 valence electrons. The minimum absolute atomic E-state index is 0.0398. The van der Waals surface area contributed by atoms with Crippen molar-refractivity contribution in [2.75, 3.05) is 6.79 Å². The smallest absolute Gasteiger partial charge is 0.262 e. The van der Waals surface area contributed by atoms with Gasteiger partial charge in [-0.1, -0.05) is 18.2 Å². The summed E-state index contributed by atoms with van der Waals surface area (Å²) in [5, 5.41) is 0.973. The van der Waals surface area contributed by atoms with E-state index in [1.54, 1.807) is 4.57 Å². The number of fused-ring (bicyclic) bond motifs is 2. The van der Waals surface area contributed by atoms with Crippen molar-refractivity contribution < 1.29 is 14.3 Å². The Labute approximate surface area is 121 Å². The fourth-order valence-electron chi connectivity index (χ4n) is 2.72. The monoisotopic (exact) mass is 279 g/mol. The first-order valence-corrected chi connectivity index (χ1v) is 6.75. The minimum Gasteiger partial charge on any atom is -0.454 e. The van der Waals surface area contributed by atoms with Crippen LogP contribution < -0.4 is 9.47 Å². The number of hydrogen-bond acceptors (Lipinski definition) is 3. The minimum atomic E-state index is -0.0398. The molecule has 0 unspecified atom stereocenters. The van der Waals surface area contributed by atoms with Crippen LogP contribution in [0.3, 0.4) is 0 Å². The third-order valence-corrected chi connectivity index (χ3v) is 3.70. The molecular formula is C17H13NO3. The number of benzene rings is 2. The fraction of sp³-hybridized carbons (Fsp3) is 0.118. The average molecular weight is 279 g/mol. The lowest BCUT2D eigenvalue weighted by molar-refractivity contribution is 0.0963. The van der Waals surface area contributed by atoms with E-state index in [2.05, 4.69) is 0 Å². The van der Waals surface area contributed by atoms with Crippen LogP contribution in [0.25, 0.3) is 10.9 Å². The van der Waals surface area contributed by atoms with E-state index in [0.717, 1.165) is 22.3 Å². The second-order valence-electron chi connectivity index (χ2n) is 5.06. The second-order valence-corrected chi connectivity index (χ2v) is 5.06. The summed E-state index contributed by atoms with van der Waals surface area (Å²) in [5.74, 6) is 1.37. The summed E-state index contributed by atoms with van der Waals surface area (Å²) in [6.07, 6.45) is 0. The maximum absolute atomic E-state index is 12.7. The molecule has 4 heteroatoms. The number of carbonyl (C=O) groups is 1. The highest BCUT2D eigenvalue weighted by Crippen LogP contribution is 2.37. The van der Waals surface area contributed by atoms with Crippen LogP contribution in [0.1, 0.15) is 16.1 Å². The Morgan fingerprint density at radius 2 is 1.76 bits per heavy atom. The molecule has 0 amide bonds. The lowest BCUT2D eigenvalue weighted by Gasteiger charge is -2.07. The molecule has 0 saturated carbocycles. The van der Waals surface area contributed by atoms with Gasteiger partial charge in [-0.05, 0) is 31.2 Å². The number of nitrogens with zero attached hydrogens (tertiary/aromatic N) is 1. The molecular weight excluding hydrogens is 266 g/mol. The molecule has 0 spiro atoms. The molecule has 0 atom stereocenters. The molecule has 0 radical (unpaired) electrons. The van der Waals surface area contributed by atoms with Gasteiger partial charge in [0.25, 0.3) is 5.91 Å². The normalized spacial score (nSPS) is 12.8. The Bertz CT molecular complexity index is 849. The number of rotatable bonds is 1. The van der Waals surface area contributed by atoms with Gasteiger partial charge in [0.2, 0.25) is 6.79 Å². The molecule has 3 aromatic rings. The van der Waals surface area contributed by atoms with Crippen molar-refractivity contribution in [3.8, 4) is 11.5 Å². The molecule has 0 saturated heterocycles. The van der Waals surface area contributed by atoms with Crippen LogP contribution in [0.15, 0.2) is 48.5 Å². The third-order valence-electron chi connectivity index (χ3n) is 3.70. The van der Waals surface area contributed by atoms with Crippen molar-refractivity contribution in [2.24, 2.45) is 0 Å². The van der Waals surface area contributed by atoms with Gasteiger partial charge in [-0.2, -0.15) is 0 Å². The standard InChI is InChI=1S/C17H13NO3/c1-11-7-13-8-15-16(21-10-20-15)9-14(13)18(11)17(19)12-5-3-2-4-6-12/h2-9H,10H2,1H3. The predicted octanol–water partition coefficient (Wildman–Crippen LogP) is 3.37. The third kappa shape index (κ3) is 1.80. The first-order chi connectivity index (χ1) is 10.2. The summed E-state index contributed by atoms with van der Waals surface area (Å²) in [6.45, 7) is 2.15. The first-order valence-electron chi connectivity index (χ1n) is 6.75. The van der Waals surface area contributed by atoms with Crippen LogP contribution in [-0.4, -0.2) is 17.3 Å². The Morgan fingerprint density at radius 3 is 2.52 bits per heavy atom. The summed E-state index contributed by atoms with van der Waals surface area (Å²) < 4.78 is 12.5. The second kappa shape index (κ2) is 4.38. The highest BCUT2D eigenvalue weighted by atomic mass is 16.7. The zero-order chi connectivity index (χ0) is 14.4. The molecule has 2 heterocycles. The quantitative estimate of drug-likeness (QED) is 0.685. The van der Waals surface area contributed by atoms with E-state index in [-0.39, 0.29) is 12.7 Å². The van der Waals surface area contributed by atoms with Gasteiger partial charge in [-0.15, -0.1) is 0 Å². The number of carbonyl (C=O) groups excluding carboxylic acids is 1. The lowest BCUT2D eigenvalue weighted by atomic mass is 10.2. The molecule has 1 aromatic heterocycles. The van der Waals surface area contributed by atoms with Gasteiger partial charge in [0.05, 0.1) is 5.52 Å². The first kappa shape index (κ1) is 12.0. The number of aromatic nitrogens is 1. The van der Waals surface area contributed by atoms with Crippen molar-refractivity contribution in [2.45, 2.75) is 6.92 Å². The van der Waals surface area contributed by atoms with Crippen LogP contribution in [0.2, 0.25) is 0 Å². The SMILES string of the molecule is Cc1cc2cc3c(cc2n1C(=O)c1ccccc1)OCO3. The lowest BCUT2D eigenvalue weighted by Crippen LogP contribution is -2.12. The van der Waals surface area contributed by atoms with Crippen LogP contribution in [0.5, 0.6) is 11.5 Å². The molecule has 0 bridgehead atoms. The van der Waals surface area contributed by atoms with Crippen molar-refractivity contribution in [1.82, 2.24) is 4.57 Å². The highest BCUT2D eigenvalue weighted by Gasteiger charge is 2.20. The summed E-state index contributed by atoms with van der Waals surface area (Å²) in [4.78, 5) is 12.7. The van der Waals surface area contributed by atoms with Crippen LogP contribution in [0.4, 0.5) is 0 Å². The molecule has 21 heavy (non-hydrogen) atoms. The summed E-state index contributed by atoms with van der Waals surface area (Å²) in [5.41, 5.74) is 2.39. The average Bonchev–Trinajstić information content (AvgIpc) is 3.07. The molecule has 1 aliphatic rings. The highest BCUT2D eigenvalue weighted by molar-refractivity contribution is 6.03. The molecule has 2 aromatic carbocycles. The fourth-order valence-corrected chi connectivity index (χ4v) is 2.72. The van der Waals surface area contributed by atoms with Crippen molar-refractivity contribution >= 4 is 16.8 Å². The van der Waals surface area contributed by atoms with Gasteiger partial charge >= 0.3 is 0 Å². The van der Waals surface area contributed by atoms with Gasteiger partial charge in [0, 0.05) is 22.7 Å². The maximum Gasteiger partial charge on any atom is 0.262 e. The maximum atomic E-state index is 12.7. The van der Waals surface area contributed by atoms with Gasteiger partial charge in [0.1, 0.15) is 0 Å². The van der Waals surface area contributed by atoms with Crippen LogP contribution in [0, 0.1) is 6.92 Å². The Hall–Kier alpha value is -2.75. The summed E-state index contributed by atoms with van der Waals surface area (Å²) in [7, 11) is 0. The van der Waals surface area contributed by atoms with Crippen LogP contribution in [-0.2, 0) is 0 Å². The van der Waals surface area contributed by atoms with Gasteiger partial charge in [-0.3, -0.25) is 9.36 Å². The predicted molar refractivity (Wildman–Crippen MR) is 79.0 cm³/mol. The zero-order valence-corrected chi connectivity index (χ0v) is 11.5. The van der Waals surface area contributed by atoms with E-state index in [9.17, 15) is 4.79 Å². The largest absolute Gasteiger partial charge is 0.454 e. The summed E-state index contributed by atoms with van der Waals surface area (Å²) >= 11 is 0. The molecule has 1 aliphatic heterocycles. The molecule has 0 fully saturated rings. The number of hydrogen-bond donors (Lipinski definition) is 0. The Morgan fingerprint density at radius 1 is 1.05 bits per heavy atom. The van der Waals surface area contributed by atoms with Crippen molar-refractivity contribution in [3.63, 3.8) is 0 Å². The van der Waals surface area contributed by atoms with E-state index in [4.69, 9.17) is 9.47 Å². The Balaban J connectivity index is 1.92. The van der Waals surface area contributed by atoms with Crippen molar-refractivity contribution in [3.05, 3.63) is 59.8 Å². The molecule has 0 N–H and O–H groups in total. The molecule has 4 nitrogen and oxygen atoms in total.